The average molecular weight is 218 g/mol. The van der Waals surface area contributed by atoms with Gasteiger partial charge in [0.1, 0.15) is 0 Å². The minimum Gasteiger partial charge on any atom is -0.348 e. The first kappa shape index (κ1) is 22.6. The highest BCUT2D eigenvalue weighted by atomic mass is 35.5. The van der Waals surface area contributed by atoms with Crippen LogP contribution in [0.3, 0.4) is 0 Å². The first-order valence-corrected chi connectivity index (χ1v) is 2.61. The Morgan fingerprint density at radius 1 is 1.42 bits per heavy atom. The summed E-state index contributed by atoms with van der Waals surface area (Å²) >= 11 is 0. The summed E-state index contributed by atoms with van der Waals surface area (Å²) in [4.78, 5) is 6.78. The van der Waals surface area contributed by atoms with Gasteiger partial charge in [0, 0.05) is 19.7 Å². The van der Waals surface area contributed by atoms with Crippen LogP contribution in [0.2, 0.25) is 0 Å². The van der Waals surface area contributed by atoms with Gasteiger partial charge in [-0.3, -0.25) is 0 Å². The molecule has 0 aliphatic carbocycles. The molecule has 0 spiro atoms. The van der Waals surface area contributed by atoms with Crippen LogP contribution >= 0.6 is 24.8 Å². The number of rotatable bonds is 2. The van der Waals surface area contributed by atoms with Gasteiger partial charge in [-0.15, -0.1) is 24.8 Å². The molecule has 3 nitrogen and oxygen atoms in total. The molecular formula is C7H21Cl2N3. The molecule has 1 aromatic heterocycles. The Hall–Kier alpha value is -0.250. The fourth-order valence-electron chi connectivity index (χ4n) is 0.577. The second-order valence-electron chi connectivity index (χ2n) is 1.62. The Morgan fingerprint density at radius 2 is 2.00 bits per heavy atom. The van der Waals surface area contributed by atoms with Crippen LogP contribution in [-0.4, -0.2) is 16.5 Å². The number of hydrogen-bond donors (Lipinski definition) is 2. The largest absolute Gasteiger partial charge is 0.348 e. The molecule has 0 bridgehead atoms. The lowest BCUT2D eigenvalue weighted by atomic mass is 10.3. The SMILES string of the molecule is C.C.Cl.Cl.NCCc1cnc[nH]1.[HH]. The lowest BCUT2D eigenvalue weighted by Crippen LogP contribution is -2.02. The Balaban J connectivity index is -0.0000000427. The third kappa shape index (κ3) is 7.85. The molecule has 1 aromatic rings. The summed E-state index contributed by atoms with van der Waals surface area (Å²) in [5.74, 6) is 0. The third-order valence-corrected chi connectivity index (χ3v) is 0.969. The fourth-order valence-corrected chi connectivity index (χ4v) is 0.577. The number of H-pyrrole nitrogens is 1. The number of nitrogens with two attached hydrogens (primary N) is 1. The number of aromatic amines is 1. The van der Waals surface area contributed by atoms with E-state index in [2.05, 4.69) is 9.97 Å². The molecule has 5 heteroatoms. The first-order chi connectivity index (χ1) is 3.93. The Kier molecular flexibility index (Phi) is 25.1. The van der Waals surface area contributed by atoms with Crippen molar-refractivity contribution in [2.45, 2.75) is 21.3 Å². The maximum atomic E-state index is 5.27. The minimum absolute atomic E-state index is 0. The van der Waals surface area contributed by atoms with Crippen molar-refractivity contribution >= 4 is 24.8 Å². The van der Waals surface area contributed by atoms with E-state index in [4.69, 9.17) is 5.73 Å². The molecule has 1 rings (SSSR count). The molecule has 0 saturated heterocycles. The van der Waals surface area contributed by atoms with Crippen molar-refractivity contribution < 1.29 is 1.43 Å². The van der Waals surface area contributed by atoms with Crippen LogP contribution in [0, 0.1) is 0 Å². The molecule has 0 saturated carbocycles. The van der Waals surface area contributed by atoms with Crippen LogP contribution in [-0.2, 0) is 6.42 Å². The minimum atomic E-state index is 0. The van der Waals surface area contributed by atoms with Gasteiger partial charge in [-0.05, 0) is 6.54 Å². The normalized spacial score (nSPS) is 6.42. The summed E-state index contributed by atoms with van der Waals surface area (Å²) in [7, 11) is 0. The van der Waals surface area contributed by atoms with Crippen molar-refractivity contribution in [2.24, 2.45) is 5.73 Å². The van der Waals surface area contributed by atoms with Gasteiger partial charge in [0.05, 0.1) is 6.33 Å². The Morgan fingerprint density at radius 3 is 2.33 bits per heavy atom. The van der Waals surface area contributed by atoms with Crippen LogP contribution in [0.15, 0.2) is 12.5 Å². The predicted molar refractivity (Wildman–Crippen MR) is 61.4 cm³/mol. The molecule has 3 N–H and O–H groups in total. The van der Waals surface area contributed by atoms with Gasteiger partial charge in [-0.2, -0.15) is 0 Å². The van der Waals surface area contributed by atoms with Crippen LogP contribution < -0.4 is 5.73 Å². The molecule has 0 aromatic carbocycles. The van der Waals surface area contributed by atoms with E-state index in [1.165, 1.54) is 0 Å². The second kappa shape index (κ2) is 13.3. The summed E-state index contributed by atoms with van der Waals surface area (Å²) < 4.78 is 0. The standard InChI is InChI=1S/C5H9N3.2CH4.2ClH.H2/c6-2-1-5-3-7-4-8-5;;;;;/h3-4H,1-2,6H2,(H,7,8);2*1H4;3*1H. The van der Waals surface area contributed by atoms with Crippen LogP contribution in [0.4, 0.5) is 0 Å². The molecule has 78 valence electrons. The number of nitrogens with zero attached hydrogens (tertiary/aromatic N) is 1. The fraction of sp³-hybridized carbons (Fsp3) is 0.571. The summed E-state index contributed by atoms with van der Waals surface area (Å²) in [6.07, 6.45) is 4.33. The summed E-state index contributed by atoms with van der Waals surface area (Å²) in [5.41, 5.74) is 6.38. The van der Waals surface area contributed by atoms with Gasteiger partial charge in [-0.25, -0.2) is 4.98 Å². The molecule has 0 amide bonds. The van der Waals surface area contributed by atoms with Crippen LogP contribution in [0.1, 0.15) is 22.0 Å². The lowest BCUT2D eigenvalue weighted by molar-refractivity contribution is 0.935. The van der Waals surface area contributed by atoms with Crippen molar-refractivity contribution in [1.29, 1.82) is 0 Å². The van der Waals surface area contributed by atoms with Gasteiger partial charge in [0.15, 0.2) is 0 Å². The van der Waals surface area contributed by atoms with Gasteiger partial charge >= 0.3 is 0 Å². The van der Waals surface area contributed by atoms with E-state index in [0.29, 0.717) is 6.54 Å². The van der Waals surface area contributed by atoms with Crippen molar-refractivity contribution in [3.05, 3.63) is 18.2 Å². The van der Waals surface area contributed by atoms with Crippen molar-refractivity contribution in [3.8, 4) is 0 Å². The Bertz CT molecular complexity index is 147. The molecule has 0 fully saturated rings. The zero-order valence-electron chi connectivity index (χ0n) is 5.41. The van der Waals surface area contributed by atoms with E-state index >= 15 is 0 Å². The zero-order valence-corrected chi connectivity index (χ0v) is 7.04. The van der Waals surface area contributed by atoms with E-state index in [1.54, 1.807) is 12.5 Å². The second-order valence-corrected chi connectivity index (χ2v) is 1.62. The van der Waals surface area contributed by atoms with Crippen LogP contribution in [0.25, 0.3) is 0 Å². The molecule has 0 unspecified atom stereocenters. The highest BCUT2D eigenvalue weighted by Gasteiger charge is 1.86. The quantitative estimate of drug-likeness (QED) is 0.800. The smallest absolute Gasteiger partial charge is 0.0921 e. The summed E-state index contributed by atoms with van der Waals surface area (Å²) in [6, 6.07) is 0. The number of hydrogen-bond acceptors (Lipinski definition) is 2. The monoisotopic (exact) mass is 217 g/mol. The number of aromatic nitrogens is 2. The highest BCUT2D eigenvalue weighted by molar-refractivity contribution is 5.85. The van der Waals surface area contributed by atoms with Gasteiger partial charge in [-0.1, -0.05) is 14.9 Å². The molecule has 0 atom stereocenters. The Labute approximate surface area is 88.5 Å². The van der Waals surface area contributed by atoms with Gasteiger partial charge in [0.2, 0.25) is 0 Å². The molecule has 0 radical (unpaired) electrons. The zero-order chi connectivity index (χ0) is 5.82. The van der Waals surface area contributed by atoms with Gasteiger partial charge < -0.3 is 10.7 Å². The van der Waals surface area contributed by atoms with Crippen LogP contribution in [0.5, 0.6) is 0 Å². The number of nitrogens with one attached hydrogen (secondary N) is 1. The maximum absolute atomic E-state index is 5.27. The van der Waals surface area contributed by atoms with E-state index in [-0.39, 0.29) is 41.1 Å². The summed E-state index contributed by atoms with van der Waals surface area (Å²) in [5, 5.41) is 0. The third-order valence-electron chi connectivity index (χ3n) is 0.969. The molecule has 0 aliphatic heterocycles. The first-order valence-electron chi connectivity index (χ1n) is 2.61. The van der Waals surface area contributed by atoms with E-state index in [9.17, 15) is 0 Å². The highest BCUT2D eigenvalue weighted by Crippen LogP contribution is 1.88. The number of imidazole rings is 1. The van der Waals surface area contributed by atoms with E-state index in [0.717, 1.165) is 12.1 Å². The predicted octanol–water partition coefficient (Wildman–Crippen LogP) is 2.27. The van der Waals surface area contributed by atoms with Crippen molar-refractivity contribution in [2.75, 3.05) is 6.54 Å². The topological polar surface area (TPSA) is 54.7 Å². The van der Waals surface area contributed by atoms with Crippen molar-refractivity contribution in [3.63, 3.8) is 0 Å². The molecular weight excluding hydrogens is 197 g/mol. The molecule has 1 heterocycles. The maximum Gasteiger partial charge on any atom is 0.0921 e. The lowest BCUT2D eigenvalue weighted by Gasteiger charge is -1.86. The van der Waals surface area contributed by atoms with Crippen molar-refractivity contribution in [1.82, 2.24) is 9.97 Å². The number of halogens is 2. The molecule has 0 aliphatic rings. The molecule has 12 heavy (non-hydrogen) atoms. The average Bonchev–Trinajstić information content (AvgIpc) is 2.19. The van der Waals surface area contributed by atoms with Gasteiger partial charge in [0.25, 0.3) is 0 Å². The summed E-state index contributed by atoms with van der Waals surface area (Å²) in [6.45, 7) is 0.683. The van der Waals surface area contributed by atoms with E-state index in [1.807, 2.05) is 0 Å². The van der Waals surface area contributed by atoms with E-state index < -0.39 is 0 Å².